The Hall–Kier alpha value is -2.58. The standard InChI is InChI=1S/C19H18N6S2/c1-13-17(21-15-6-3-2-5-14(15)20-13)24-8-10-25(11-9-24)19-23-22-18(27-19)16-7-4-12-26-16/h2-7,12H,8-11H2,1H3. The van der Waals surface area contributed by atoms with Crippen LogP contribution in [0.3, 0.4) is 0 Å². The number of hydrogen-bond acceptors (Lipinski definition) is 8. The van der Waals surface area contributed by atoms with Crippen molar-refractivity contribution in [2.24, 2.45) is 0 Å². The van der Waals surface area contributed by atoms with Gasteiger partial charge in [-0.25, -0.2) is 9.97 Å². The predicted octanol–water partition coefficient (Wildman–Crippen LogP) is 3.84. The van der Waals surface area contributed by atoms with Gasteiger partial charge in [0.1, 0.15) is 0 Å². The Morgan fingerprint density at radius 2 is 1.59 bits per heavy atom. The van der Waals surface area contributed by atoms with Gasteiger partial charge in [0, 0.05) is 26.2 Å². The second kappa shape index (κ2) is 6.86. The number of nitrogens with zero attached hydrogens (tertiary/aromatic N) is 6. The molecule has 0 radical (unpaired) electrons. The molecule has 4 aromatic rings. The van der Waals surface area contributed by atoms with Gasteiger partial charge in [-0.05, 0) is 30.5 Å². The molecule has 1 aliphatic heterocycles. The van der Waals surface area contributed by atoms with Crippen LogP contribution in [0.2, 0.25) is 0 Å². The molecule has 0 spiro atoms. The first-order chi connectivity index (χ1) is 13.3. The van der Waals surface area contributed by atoms with Crippen molar-refractivity contribution in [3.8, 4) is 9.88 Å². The lowest BCUT2D eigenvalue weighted by molar-refractivity contribution is 0.642. The molecule has 8 heteroatoms. The number of benzene rings is 1. The average molecular weight is 395 g/mol. The van der Waals surface area contributed by atoms with Gasteiger partial charge >= 0.3 is 0 Å². The maximum Gasteiger partial charge on any atom is 0.208 e. The molecule has 1 aliphatic rings. The highest BCUT2D eigenvalue weighted by Crippen LogP contribution is 2.32. The second-order valence-corrected chi connectivity index (χ2v) is 8.37. The number of anilines is 2. The average Bonchev–Trinajstić information content (AvgIpc) is 3.39. The minimum absolute atomic E-state index is 0.905. The second-order valence-electron chi connectivity index (χ2n) is 6.46. The zero-order valence-corrected chi connectivity index (χ0v) is 16.5. The molecule has 0 amide bonds. The first-order valence-corrected chi connectivity index (χ1v) is 10.6. The summed E-state index contributed by atoms with van der Waals surface area (Å²) in [5, 5.41) is 12.8. The molecule has 4 heterocycles. The smallest absolute Gasteiger partial charge is 0.208 e. The van der Waals surface area contributed by atoms with E-state index in [1.807, 2.05) is 37.3 Å². The summed E-state index contributed by atoms with van der Waals surface area (Å²) in [5.74, 6) is 0.991. The molecule has 0 N–H and O–H groups in total. The van der Waals surface area contributed by atoms with Gasteiger partial charge in [0.2, 0.25) is 5.13 Å². The molecule has 0 atom stereocenters. The number of thiophene rings is 1. The van der Waals surface area contributed by atoms with Crippen molar-refractivity contribution in [1.82, 2.24) is 20.2 Å². The van der Waals surface area contributed by atoms with Crippen molar-refractivity contribution >= 4 is 44.7 Å². The summed E-state index contributed by atoms with van der Waals surface area (Å²) >= 11 is 3.37. The Morgan fingerprint density at radius 1 is 0.852 bits per heavy atom. The van der Waals surface area contributed by atoms with E-state index in [4.69, 9.17) is 9.97 Å². The van der Waals surface area contributed by atoms with Gasteiger partial charge in [-0.15, -0.1) is 21.5 Å². The molecule has 6 nitrogen and oxygen atoms in total. The van der Waals surface area contributed by atoms with E-state index in [1.165, 1.54) is 4.88 Å². The zero-order valence-electron chi connectivity index (χ0n) is 14.9. The third-order valence-corrected chi connectivity index (χ3v) is 6.74. The summed E-state index contributed by atoms with van der Waals surface area (Å²) in [7, 11) is 0. The number of aromatic nitrogens is 4. The van der Waals surface area contributed by atoms with Crippen LogP contribution in [0.25, 0.3) is 20.9 Å². The molecule has 0 bridgehead atoms. The van der Waals surface area contributed by atoms with Crippen LogP contribution in [0.15, 0.2) is 41.8 Å². The largest absolute Gasteiger partial charge is 0.352 e. The lowest BCUT2D eigenvalue weighted by atomic mass is 10.2. The topological polar surface area (TPSA) is 58.0 Å². The highest BCUT2D eigenvalue weighted by molar-refractivity contribution is 7.22. The molecular weight excluding hydrogens is 376 g/mol. The molecule has 1 aromatic carbocycles. The Labute approximate surface area is 165 Å². The predicted molar refractivity (Wildman–Crippen MR) is 112 cm³/mol. The van der Waals surface area contributed by atoms with Gasteiger partial charge < -0.3 is 9.80 Å². The maximum atomic E-state index is 4.85. The summed E-state index contributed by atoms with van der Waals surface area (Å²) in [6.07, 6.45) is 0. The van der Waals surface area contributed by atoms with Crippen molar-refractivity contribution < 1.29 is 0 Å². The van der Waals surface area contributed by atoms with Crippen LogP contribution in [0.1, 0.15) is 5.69 Å². The van der Waals surface area contributed by atoms with Crippen LogP contribution in [-0.2, 0) is 0 Å². The number of para-hydroxylation sites is 2. The summed E-state index contributed by atoms with van der Waals surface area (Å²) in [6, 6.07) is 12.2. The number of piperazine rings is 1. The minimum Gasteiger partial charge on any atom is -0.352 e. The van der Waals surface area contributed by atoms with Crippen LogP contribution >= 0.6 is 22.7 Å². The summed E-state index contributed by atoms with van der Waals surface area (Å²) in [4.78, 5) is 15.4. The van der Waals surface area contributed by atoms with E-state index in [9.17, 15) is 0 Å². The molecule has 1 saturated heterocycles. The first kappa shape index (κ1) is 16.6. The van der Waals surface area contributed by atoms with Gasteiger partial charge in [-0.3, -0.25) is 0 Å². The molecule has 0 aliphatic carbocycles. The highest BCUT2D eigenvalue weighted by atomic mass is 32.1. The molecule has 0 saturated carbocycles. The third kappa shape index (κ3) is 3.15. The fourth-order valence-corrected chi connectivity index (χ4v) is 5.02. The SMILES string of the molecule is Cc1nc2ccccc2nc1N1CCN(c2nnc(-c3cccs3)s2)CC1. The molecular formula is C19H18N6S2. The van der Waals surface area contributed by atoms with E-state index in [2.05, 4.69) is 31.4 Å². The highest BCUT2D eigenvalue weighted by Gasteiger charge is 2.23. The summed E-state index contributed by atoms with van der Waals surface area (Å²) in [6.45, 7) is 5.67. The van der Waals surface area contributed by atoms with E-state index >= 15 is 0 Å². The van der Waals surface area contributed by atoms with Crippen molar-refractivity contribution in [3.05, 3.63) is 47.5 Å². The van der Waals surface area contributed by atoms with Crippen molar-refractivity contribution in [2.45, 2.75) is 6.92 Å². The van der Waals surface area contributed by atoms with Gasteiger partial charge in [-0.1, -0.05) is 29.5 Å². The number of aryl methyl sites for hydroxylation is 1. The van der Waals surface area contributed by atoms with Gasteiger partial charge in [0.25, 0.3) is 0 Å². The fraction of sp³-hybridized carbons (Fsp3) is 0.263. The summed E-state index contributed by atoms with van der Waals surface area (Å²) < 4.78 is 0. The van der Waals surface area contributed by atoms with E-state index < -0.39 is 0 Å². The molecule has 136 valence electrons. The first-order valence-electron chi connectivity index (χ1n) is 8.88. The van der Waals surface area contributed by atoms with E-state index in [-0.39, 0.29) is 0 Å². The van der Waals surface area contributed by atoms with Gasteiger partial charge in [-0.2, -0.15) is 0 Å². The van der Waals surface area contributed by atoms with Crippen LogP contribution in [0, 0.1) is 6.92 Å². The lowest BCUT2D eigenvalue weighted by Gasteiger charge is -2.35. The Bertz CT molecular complexity index is 1070. The Balaban J connectivity index is 1.32. The number of hydrogen-bond donors (Lipinski definition) is 0. The zero-order chi connectivity index (χ0) is 18.2. The van der Waals surface area contributed by atoms with Gasteiger partial charge in [0.15, 0.2) is 10.8 Å². The van der Waals surface area contributed by atoms with Gasteiger partial charge in [0.05, 0.1) is 21.6 Å². The number of rotatable bonds is 3. The molecule has 0 unspecified atom stereocenters. The van der Waals surface area contributed by atoms with Crippen molar-refractivity contribution in [3.63, 3.8) is 0 Å². The molecule has 27 heavy (non-hydrogen) atoms. The maximum absolute atomic E-state index is 4.85. The lowest BCUT2D eigenvalue weighted by Crippen LogP contribution is -2.47. The van der Waals surface area contributed by atoms with Crippen molar-refractivity contribution in [1.29, 1.82) is 0 Å². The third-order valence-electron chi connectivity index (χ3n) is 4.72. The van der Waals surface area contributed by atoms with Crippen LogP contribution in [0.4, 0.5) is 10.9 Å². The van der Waals surface area contributed by atoms with Crippen LogP contribution < -0.4 is 9.80 Å². The van der Waals surface area contributed by atoms with Crippen molar-refractivity contribution in [2.75, 3.05) is 36.0 Å². The quantitative estimate of drug-likeness (QED) is 0.526. The van der Waals surface area contributed by atoms with E-state index in [0.29, 0.717) is 0 Å². The molecule has 1 fully saturated rings. The normalized spacial score (nSPS) is 14.9. The minimum atomic E-state index is 0.905. The summed E-state index contributed by atoms with van der Waals surface area (Å²) in [5.41, 5.74) is 2.88. The molecule has 5 rings (SSSR count). The fourth-order valence-electron chi connectivity index (χ4n) is 3.33. The van der Waals surface area contributed by atoms with E-state index in [0.717, 1.165) is 58.9 Å². The van der Waals surface area contributed by atoms with Crippen LogP contribution in [-0.4, -0.2) is 46.3 Å². The Kier molecular flexibility index (Phi) is 4.21. The molecule has 3 aromatic heterocycles. The van der Waals surface area contributed by atoms with Crippen LogP contribution in [0.5, 0.6) is 0 Å². The Morgan fingerprint density at radius 3 is 2.33 bits per heavy atom. The monoisotopic (exact) mass is 394 g/mol. The number of fused-ring (bicyclic) bond motifs is 1. The van der Waals surface area contributed by atoms with E-state index in [1.54, 1.807) is 22.7 Å².